The van der Waals surface area contributed by atoms with Crippen LogP contribution >= 0.6 is 0 Å². The summed E-state index contributed by atoms with van der Waals surface area (Å²) in [6.07, 6.45) is 30.4. The number of amides is 1. The molecule has 1 amide bonds. The van der Waals surface area contributed by atoms with Crippen LogP contribution in [0.2, 0.25) is 0 Å². The van der Waals surface area contributed by atoms with Crippen molar-refractivity contribution in [3.05, 3.63) is 24.1 Å². The van der Waals surface area contributed by atoms with E-state index in [2.05, 4.69) is 56.0 Å². The molecule has 302 valence electrons. The molecule has 0 bridgehead atoms. The number of hydrogen-bond donors (Lipinski definition) is 1. The fraction of sp³-hybridized carbons (Fsp3) is 0.844. The smallest absolute Gasteiger partial charge is 0.306 e. The fourth-order valence-corrected chi connectivity index (χ4v) is 6.56. The highest BCUT2D eigenvalue weighted by atomic mass is 16.5. The molecular formula is C45H82N2O5. The summed E-state index contributed by atoms with van der Waals surface area (Å²) in [4.78, 5) is 38.9. The Morgan fingerprint density at radius 3 is 1.60 bits per heavy atom. The molecule has 52 heavy (non-hydrogen) atoms. The maximum absolute atomic E-state index is 12.7. The van der Waals surface area contributed by atoms with E-state index < -0.39 is 0 Å². The van der Waals surface area contributed by atoms with Gasteiger partial charge in [-0.1, -0.05) is 161 Å². The molecule has 7 heteroatoms. The van der Waals surface area contributed by atoms with Crippen molar-refractivity contribution in [1.29, 1.82) is 0 Å². The van der Waals surface area contributed by atoms with Gasteiger partial charge < -0.3 is 14.8 Å². The van der Waals surface area contributed by atoms with Crippen LogP contribution in [0.3, 0.4) is 0 Å². The summed E-state index contributed by atoms with van der Waals surface area (Å²) in [6.45, 7) is 14.5. The summed E-state index contributed by atoms with van der Waals surface area (Å²) >= 11 is 0. The van der Waals surface area contributed by atoms with Crippen molar-refractivity contribution >= 4 is 17.8 Å². The summed E-state index contributed by atoms with van der Waals surface area (Å²) in [5.41, 5.74) is 5.55. The van der Waals surface area contributed by atoms with E-state index in [4.69, 9.17) is 9.47 Å². The zero-order valence-electron chi connectivity index (χ0n) is 34.7. The monoisotopic (exact) mass is 731 g/mol. The molecule has 0 aromatic carbocycles. The van der Waals surface area contributed by atoms with Crippen molar-refractivity contribution in [3.63, 3.8) is 0 Å². The Labute approximate surface area is 321 Å². The van der Waals surface area contributed by atoms with Crippen LogP contribution in [-0.2, 0) is 23.9 Å². The Balaban J connectivity index is 4.07. The molecule has 0 spiro atoms. The Bertz CT molecular complexity index is 955. The maximum atomic E-state index is 12.7. The summed E-state index contributed by atoms with van der Waals surface area (Å²) < 4.78 is 10.9. The molecular weight excluding hydrogens is 649 g/mol. The minimum atomic E-state index is -0.114. The molecule has 0 aromatic rings. The van der Waals surface area contributed by atoms with Crippen molar-refractivity contribution in [2.24, 2.45) is 11.8 Å². The predicted molar refractivity (Wildman–Crippen MR) is 218 cm³/mol. The second-order valence-corrected chi connectivity index (χ2v) is 15.3. The van der Waals surface area contributed by atoms with Gasteiger partial charge in [-0.3, -0.25) is 19.3 Å². The minimum absolute atomic E-state index is 0.0334. The number of ether oxygens (including phenoxy) is 2. The molecule has 3 atom stereocenters. The van der Waals surface area contributed by atoms with Gasteiger partial charge in [0.1, 0.15) is 0 Å². The lowest BCUT2D eigenvalue weighted by molar-refractivity contribution is -0.145. The lowest BCUT2D eigenvalue weighted by atomic mass is 9.98. The predicted octanol–water partition coefficient (Wildman–Crippen LogP) is 11.4. The van der Waals surface area contributed by atoms with Crippen molar-refractivity contribution < 1.29 is 23.9 Å². The van der Waals surface area contributed by atoms with Gasteiger partial charge in [0, 0.05) is 12.5 Å². The van der Waals surface area contributed by atoms with E-state index in [1.54, 1.807) is 0 Å². The molecule has 3 unspecified atom stereocenters. The van der Waals surface area contributed by atoms with E-state index >= 15 is 0 Å². The van der Waals surface area contributed by atoms with Gasteiger partial charge in [-0.25, -0.2) is 0 Å². The molecule has 0 rings (SSSR count). The van der Waals surface area contributed by atoms with Gasteiger partial charge in [0.05, 0.1) is 26.2 Å². The first-order chi connectivity index (χ1) is 25.2. The van der Waals surface area contributed by atoms with Gasteiger partial charge in [0.15, 0.2) is 0 Å². The normalized spacial score (nSPS) is 12.8. The number of likely N-dealkylation sites (N-methyl/N-ethyl adjacent to an activating group) is 1. The second kappa shape index (κ2) is 37.0. The van der Waals surface area contributed by atoms with Crippen LogP contribution in [0.1, 0.15) is 195 Å². The number of unbranched alkanes of at least 4 members (excludes halogenated alkanes) is 16. The number of rotatable bonds is 37. The molecule has 0 aliphatic rings. The molecule has 0 heterocycles. The average molecular weight is 731 g/mol. The number of carbonyl (C=O) groups is 3. The number of nitrogens with zero attached hydrogens (tertiary/aromatic N) is 1. The van der Waals surface area contributed by atoms with Gasteiger partial charge in [-0.05, 0) is 70.2 Å². The Morgan fingerprint density at radius 1 is 0.654 bits per heavy atom. The van der Waals surface area contributed by atoms with Crippen molar-refractivity contribution in [1.82, 2.24) is 10.2 Å². The first-order valence-electron chi connectivity index (χ1n) is 21.7. The van der Waals surface area contributed by atoms with Crippen LogP contribution in [0, 0.1) is 11.8 Å². The van der Waals surface area contributed by atoms with E-state index in [9.17, 15) is 14.4 Å². The molecule has 0 aliphatic carbocycles. The highest BCUT2D eigenvalue weighted by molar-refractivity contribution is 5.78. The number of hydrogen-bond acceptors (Lipinski definition) is 6. The third-order valence-corrected chi connectivity index (χ3v) is 10.1. The van der Waals surface area contributed by atoms with Crippen molar-refractivity contribution in [3.8, 4) is 0 Å². The van der Waals surface area contributed by atoms with Gasteiger partial charge in [-0.15, -0.1) is 0 Å². The molecule has 1 N–H and O–H groups in total. The largest absolute Gasteiger partial charge is 0.466 e. The zero-order valence-corrected chi connectivity index (χ0v) is 34.7. The highest BCUT2D eigenvalue weighted by Gasteiger charge is 2.14. The summed E-state index contributed by atoms with van der Waals surface area (Å²) in [6, 6.07) is 0.272. The zero-order chi connectivity index (χ0) is 38.5. The van der Waals surface area contributed by atoms with Gasteiger partial charge >= 0.3 is 11.9 Å². The quantitative estimate of drug-likeness (QED) is 0.0389. The van der Waals surface area contributed by atoms with Crippen LogP contribution in [0.5, 0.6) is 0 Å². The molecule has 0 radical (unpaired) electrons. The number of allylic oxidation sites excluding steroid dienone is 1. The summed E-state index contributed by atoms with van der Waals surface area (Å²) in [5.74, 6) is 0.586. The van der Waals surface area contributed by atoms with Crippen LogP contribution < -0.4 is 5.32 Å². The Morgan fingerprint density at radius 2 is 1.12 bits per heavy atom. The van der Waals surface area contributed by atoms with E-state index in [1.807, 2.05) is 13.1 Å². The van der Waals surface area contributed by atoms with Gasteiger partial charge in [-0.2, -0.15) is 0 Å². The second-order valence-electron chi connectivity index (χ2n) is 15.3. The lowest BCUT2D eigenvalue weighted by Crippen LogP contribution is -2.41. The number of esters is 2. The van der Waals surface area contributed by atoms with E-state index in [0.717, 1.165) is 77.2 Å². The lowest BCUT2D eigenvalue weighted by Gasteiger charge is -2.21. The van der Waals surface area contributed by atoms with E-state index in [-0.39, 0.29) is 29.8 Å². The fourth-order valence-electron chi connectivity index (χ4n) is 6.56. The molecule has 0 saturated carbocycles. The Kier molecular flexibility index (Phi) is 35.3. The van der Waals surface area contributed by atoms with Crippen LogP contribution in [0.15, 0.2) is 24.1 Å². The first kappa shape index (κ1) is 49.7. The number of nitrogens with one attached hydrogen (secondary N) is 1. The van der Waals surface area contributed by atoms with Crippen molar-refractivity contribution in [2.45, 2.75) is 201 Å². The van der Waals surface area contributed by atoms with Crippen molar-refractivity contribution in [2.75, 3.05) is 33.4 Å². The van der Waals surface area contributed by atoms with E-state index in [0.29, 0.717) is 38.5 Å². The molecule has 7 nitrogen and oxygen atoms in total. The number of carbonyl (C=O) groups excluding carboxylic acids is 3. The third-order valence-electron chi connectivity index (χ3n) is 10.1. The summed E-state index contributed by atoms with van der Waals surface area (Å²) in [7, 11) is 2.00. The molecule has 0 aliphatic heterocycles. The molecule has 0 saturated heterocycles. The third kappa shape index (κ3) is 33.5. The van der Waals surface area contributed by atoms with Crippen LogP contribution in [-0.4, -0.2) is 62.1 Å². The van der Waals surface area contributed by atoms with Gasteiger partial charge in [0.2, 0.25) is 5.91 Å². The van der Waals surface area contributed by atoms with Crippen LogP contribution in [0.25, 0.3) is 0 Å². The average Bonchev–Trinajstić information content (AvgIpc) is 3.12. The first-order valence-corrected chi connectivity index (χ1v) is 21.7. The maximum Gasteiger partial charge on any atom is 0.306 e. The SMILES string of the molecule is C=C=C=CC(CCCC)CC(=O)OCCCCCCCCCCC(CCCCCCCCCCOC(=O)CC(C)CCCC)NC(=O)CN(C)CC. The minimum Gasteiger partial charge on any atom is -0.466 e. The topological polar surface area (TPSA) is 84.9 Å². The molecule has 0 fully saturated rings. The standard InChI is InChI=1S/C45H82N2O5/c1-7-11-30-40(5)37-44(49)51-35-28-24-20-16-14-18-22-26-33-42(46-43(48)39-47(6)10-4)34-27-23-19-15-17-21-25-29-36-52-45(50)38-41(31-12-8-2)32-13-9-3/h31,40-42H,2,7,9-11,13-30,32-39H2,1,3-6H3,(H,46,48). The Hall–Kier alpha value is -2.33. The summed E-state index contributed by atoms with van der Waals surface area (Å²) in [5, 5.41) is 3.34. The van der Waals surface area contributed by atoms with E-state index in [1.165, 1.54) is 83.5 Å². The highest BCUT2D eigenvalue weighted by Crippen LogP contribution is 2.18. The van der Waals surface area contributed by atoms with Crippen LogP contribution in [0.4, 0.5) is 0 Å². The van der Waals surface area contributed by atoms with Gasteiger partial charge in [0.25, 0.3) is 0 Å². The molecule has 0 aromatic heterocycles.